The maximum Gasteiger partial charge on any atom is 0.175 e. The zero-order valence-corrected chi connectivity index (χ0v) is 16.2. The number of fused-ring (bicyclic) bond motifs is 1. The van der Waals surface area contributed by atoms with Gasteiger partial charge in [-0.05, 0) is 36.8 Å². The number of nitrogens with one attached hydrogen (secondary N) is 1. The molecule has 6 nitrogen and oxygen atoms in total. The summed E-state index contributed by atoms with van der Waals surface area (Å²) < 4.78 is 56.0. The fourth-order valence-corrected chi connectivity index (χ4v) is 3.55. The molecule has 0 saturated heterocycles. The summed E-state index contributed by atoms with van der Waals surface area (Å²) in [7, 11) is -3.38. The summed E-state index contributed by atoms with van der Waals surface area (Å²) in [6.45, 7) is 1.84. The number of aryl methyl sites for hydroxylation is 1. The molecule has 0 saturated carbocycles. The molecule has 2 aromatic carbocycles. The van der Waals surface area contributed by atoms with Crippen LogP contribution in [0.2, 0.25) is 0 Å². The van der Waals surface area contributed by atoms with E-state index in [1.165, 1.54) is 12.3 Å². The summed E-state index contributed by atoms with van der Waals surface area (Å²) in [5.74, 6) is -1.43. The standard InChI is InChI=1S/C20H15F2N3O3S/c1-11-3-5-14(29(2,26)27)9-15(11)19-20-17(24-25-19)8-13(10-23-20)28-18-6-4-12(21)7-16(18)22/h3-10H,1-2H3,(H,24,25). The lowest BCUT2D eigenvalue weighted by Crippen LogP contribution is -1.98. The summed E-state index contributed by atoms with van der Waals surface area (Å²) in [5, 5.41) is 7.09. The number of nitrogens with zero attached hydrogens (tertiary/aromatic N) is 2. The number of sulfone groups is 1. The lowest BCUT2D eigenvalue weighted by Gasteiger charge is -2.07. The Morgan fingerprint density at radius 3 is 2.59 bits per heavy atom. The van der Waals surface area contributed by atoms with Crippen LogP contribution >= 0.6 is 0 Å². The molecule has 0 unspecified atom stereocenters. The van der Waals surface area contributed by atoms with Crippen LogP contribution in [0.25, 0.3) is 22.3 Å². The summed E-state index contributed by atoms with van der Waals surface area (Å²) in [6.07, 6.45) is 2.53. The first-order valence-corrected chi connectivity index (χ1v) is 10.4. The van der Waals surface area contributed by atoms with Crippen molar-refractivity contribution in [2.75, 3.05) is 6.26 Å². The molecule has 2 heterocycles. The van der Waals surface area contributed by atoms with Gasteiger partial charge in [-0.1, -0.05) is 6.07 Å². The van der Waals surface area contributed by atoms with Crippen LogP contribution in [0.15, 0.2) is 53.6 Å². The number of pyridine rings is 1. The van der Waals surface area contributed by atoms with Crippen LogP contribution in [0.3, 0.4) is 0 Å². The summed E-state index contributed by atoms with van der Waals surface area (Å²) in [4.78, 5) is 4.51. The van der Waals surface area contributed by atoms with Crippen molar-refractivity contribution in [1.29, 1.82) is 0 Å². The Hall–Kier alpha value is -3.33. The van der Waals surface area contributed by atoms with E-state index in [2.05, 4.69) is 15.2 Å². The predicted octanol–water partition coefficient (Wildman–Crippen LogP) is 4.41. The number of ether oxygens (including phenoxy) is 1. The minimum Gasteiger partial charge on any atom is -0.453 e. The Bertz CT molecular complexity index is 1350. The minimum atomic E-state index is -3.38. The Labute approximate surface area is 165 Å². The van der Waals surface area contributed by atoms with Gasteiger partial charge < -0.3 is 4.74 Å². The van der Waals surface area contributed by atoms with Gasteiger partial charge in [-0.15, -0.1) is 0 Å². The van der Waals surface area contributed by atoms with Gasteiger partial charge in [-0.25, -0.2) is 22.2 Å². The molecule has 0 aliphatic heterocycles. The topological polar surface area (TPSA) is 84.9 Å². The summed E-state index contributed by atoms with van der Waals surface area (Å²) in [5.41, 5.74) is 2.98. The summed E-state index contributed by atoms with van der Waals surface area (Å²) >= 11 is 0. The molecule has 0 aliphatic rings. The first-order chi connectivity index (χ1) is 13.7. The van der Waals surface area contributed by atoms with Gasteiger partial charge in [0, 0.05) is 24.0 Å². The molecule has 2 aromatic heterocycles. The van der Waals surface area contributed by atoms with Gasteiger partial charge in [-0.3, -0.25) is 5.10 Å². The number of halogens is 2. The first-order valence-electron chi connectivity index (χ1n) is 8.50. The smallest absolute Gasteiger partial charge is 0.175 e. The van der Waals surface area contributed by atoms with Gasteiger partial charge in [0.25, 0.3) is 0 Å². The number of hydrogen-bond donors (Lipinski definition) is 1. The van der Waals surface area contributed by atoms with Crippen molar-refractivity contribution in [2.45, 2.75) is 11.8 Å². The zero-order valence-electron chi connectivity index (χ0n) is 15.4. The normalized spacial score (nSPS) is 11.7. The van der Waals surface area contributed by atoms with Crippen molar-refractivity contribution in [3.63, 3.8) is 0 Å². The van der Waals surface area contributed by atoms with E-state index in [-0.39, 0.29) is 16.4 Å². The molecule has 4 aromatic rings. The van der Waals surface area contributed by atoms with Crippen LogP contribution < -0.4 is 4.74 Å². The van der Waals surface area contributed by atoms with Gasteiger partial charge in [0.15, 0.2) is 21.4 Å². The second-order valence-corrected chi connectivity index (χ2v) is 8.58. The minimum absolute atomic E-state index is 0.135. The molecule has 0 fully saturated rings. The van der Waals surface area contributed by atoms with Crippen LogP contribution in [-0.4, -0.2) is 29.9 Å². The first kappa shape index (κ1) is 19.0. The van der Waals surface area contributed by atoms with Gasteiger partial charge in [0.05, 0.1) is 16.6 Å². The molecule has 0 atom stereocenters. The third-order valence-electron chi connectivity index (χ3n) is 4.39. The molecule has 0 bridgehead atoms. The van der Waals surface area contributed by atoms with E-state index < -0.39 is 21.5 Å². The number of rotatable bonds is 4. The monoisotopic (exact) mass is 415 g/mol. The highest BCUT2D eigenvalue weighted by molar-refractivity contribution is 7.90. The van der Waals surface area contributed by atoms with Crippen molar-refractivity contribution in [3.05, 3.63) is 65.9 Å². The average molecular weight is 415 g/mol. The molecule has 148 valence electrons. The molecule has 0 radical (unpaired) electrons. The Morgan fingerprint density at radius 2 is 1.86 bits per heavy atom. The largest absolute Gasteiger partial charge is 0.453 e. The zero-order chi connectivity index (χ0) is 20.8. The Balaban J connectivity index is 1.74. The quantitative estimate of drug-likeness (QED) is 0.534. The SMILES string of the molecule is Cc1ccc(S(C)(=O)=O)cc1-c1n[nH]c2cc(Oc3ccc(F)cc3F)cnc12. The van der Waals surface area contributed by atoms with E-state index in [1.807, 2.05) is 6.92 Å². The highest BCUT2D eigenvalue weighted by Gasteiger charge is 2.16. The van der Waals surface area contributed by atoms with E-state index in [0.29, 0.717) is 22.3 Å². The molecule has 9 heteroatoms. The lowest BCUT2D eigenvalue weighted by atomic mass is 10.1. The molecule has 4 rings (SSSR count). The van der Waals surface area contributed by atoms with E-state index in [9.17, 15) is 17.2 Å². The molecular weight excluding hydrogens is 400 g/mol. The van der Waals surface area contributed by atoms with Gasteiger partial charge in [-0.2, -0.15) is 5.10 Å². The van der Waals surface area contributed by atoms with E-state index >= 15 is 0 Å². The van der Waals surface area contributed by atoms with Crippen molar-refractivity contribution in [1.82, 2.24) is 15.2 Å². The van der Waals surface area contributed by atoms with Crippen LogP contribution in [-0.2, 0) is 9.84 Å². The van der Waals surface area contributed by atoms with Gasteiger partial charge in [0.1, 0.15) is 22.8 Å². The van der Waals surface area contributed by atoms with Crippen molar-refractivity contribution < 1.29 is 21.9 Å². The fourth-order valence-electron chi connectivity index (χ4n) is 2.90. The third-order valence-corrected chi connectivity index (χ3v) is 5.50. The van der Waals surface area contributed by atoms with Crippen molar-refractivity contribution >= 4 is 20.9 Å². The van der Waals surface area contributed by atoms with Crippen molar-refractivity contribution in [3.8, 4) is 22.8 Å². The maximum absolute atomic E-state index is 13.8. The number of benzene rings is 2. The Morgan fingerprint density at radius 1 is 1.07 bits per heavy atom. The van der Waals surface area contributed by atoms with E-state index in [1.54, 1.807) is 24.3 Å². The molecule has 29 heavy (non-hydrogen) atoms. The van der Waals surface area contributed by atoms with Gasteiger partial charge >= 0.3 is 0 Å². The average Bonchev–Trinajstić information content (AvgIpc) is 3.06. The molecule has 0 spiro atoms. The Kier molecular flexibility index (Phi) is 4.54. The highest BCUT2D eigenvalue weighted by Crippen LogP contribution is 2.32. The number of aromatic nitrogens is 3. The molecular formula is C20H15F2N3O3S. The molecule has 0 aliphatic carbocycles. The van der Waals surface area contributed by atoms with Crippen LogP contribution in [0.5, 0.6) is 11.5 Å². The van der Waals surface area contributed by atoms with Crippen LogP contribution in [0, 0.1) is 18.6 Å². The second kappa shape index (κ2) is 6.93. The second-order valence-electron chi connectivity index (χ2n) is 6.57. The highest BCUT2D eigenvalue weighted by atomic mass is 32.2. The van der Waals surface area contributed by atoms with Crippen LogP contribution in [0.4, 0.5) is 8.78 Å². The molecule has 0 amide bonds. The fraction of sp³-hybridized carbons (Fsp3) is 0.100. The van der Waals surface area contributed by atoms with Crippen molar-refractivity contribution in [2.24, 2.45) is 0 Å². The lowest BCUT2D eigenvalue weighted by molar-refractivity contribution is 0.437. The molecule has 1 N–H and O–H groups in total. The van der Waals surface area contributed by atoms with Gasteiger partial charge in [0.2, 0.25) is 0 Å². The predicted molar refractivity (Wildman–Crippen MR) is 104 cm³/mol. The number of H-pyrrole nitrogens is 1. The maximum atomic E-state index is 13.8. The van der Waals surface area contributed by atoms with E-state index in [0.717, 1.165) is 24.0 Å². The summed E-state index contributed by atoms with van der Waals surface area (Å²) in [6, 6.07) is 9.40. The number of hydrogen-bond acceptors (Lipinski definition) is 5. The van der Waals surface area contributed by atoms with E-state index in [4.69, 9.17) is 4.74 Å². The third kappa shape index (κ3) is 3.68. The number of aromatic amines is 1. The van der Waals surface area contributed by atoms with Crippen LogP contribution in [0.1, 0.15) is 5.56 Å².